The lowest BCUT2D eigenvalue weighted by Crippen LogP contribution is -2.52. The van der Waals surface area contributed by atoms with Gasteiger partial charge in [0.25, 0.3) is 0 Å². The van der Waals surface area contributed by atoms with Gasteiger partial charge in [0.05, 0.1) is 19.0 Å². The van der Waals surface area contributed by atoms with Crippen LogP contribution in [0.4, 0.5) is 0 Å². The Morgan fingerprint density at radius 3 is 2.03 bits per heavy atom. The van der Waals surface area contributed by atoms with Crippen LogP contribution in [-0.4, -0.2) is 42.7 Å². The normalized spacial score (nSPS) is 15.0. The fraction of sp³-hybridized carbons (Fsp3) is 0.185. The molecule has 3 aromatic carbocycles. The zero-order valence-corrected chi connectivity index (χ0v) is 18.9. The van der Waals surface area contributed by atoms with Crippen molar-refractivity contribution in [3.05, 3.63) is 114 Å². The molecule has 1 aromatic heterocycles. The Labute approximate surface area is 202 Å². The lowest BCUT2D eigenvalue weighted by Gasteiger charge is -2.35. The van der Waals surface area contributed by atoms with Gasteiger partial charge in [-0.15, -0.1) is 5.10 Å². The predicted molar refractivity (Wildman–Crippen MR) is 127 cm³/mol. The number of carbonyl (C=O) groups is 2. The van der Waals surface area contributed by atoms with Crippen LogP contribution in [0.5, 0.6) is 6.01 Å². The lowest BCUT2D eigenvalue weighted by molar-refractivity contribution is -0.153. The molecule has 2 heterocycles. The highest BCUT2D eigenvalue weighted by atomic mass is 16.5. The summed E-state index contributed by atoms with van der Waals surface area (Å²) in [5.74, 6) is -1.54. The van der Waals surface area contributed by atoms with Crippen LogP contribution in [0.1, 0.15) is 28.4 Å². The maximum atomic E-state index is 13.9. The van der Waals surface area contributed by atoms with E-state index >= 15 is 0 Å². The van der Waals surface area contributed by atoms with Crippen molar-refractivity contribution in [3.8, 4) is 6.01 Å². The molecule has 1 aliphatic heterocycles. The van der Waals surface area contributed by atoms with Crippen LogP contribution < -0.4 is 4.74 Å². The first-order valence-electron chi connectivity index (χ1n) is 11.3. The summed E-state index contributed by atoms with van der Waals surface area (Å²) in [6, 6.07) is 27.6. The van der Waals surface area contributed by atoms with Gasteiger partial charge in [-0.1, -0.05) is 96.1 Å². The number of amides is 1. The Bertz CT molecular complexity index is 1270. The Morgan fingerprint density at radius 1 is 0.886 bits per heavy atom. The monoisotopic (exact) mass is 468 g/mol. The second-order valence-corrected chi connectivity index (χ2v) is 8.36. The number of rotatable bonds is 7. The van der Waals surface area contributed by atoms with Gasteiger partial charge in [-0.3, -0.25) is 9.36 Å². The Kier molecular flexibility index (Phi) is 6.26. The van der Waals surface area contributed by atoms with E-state index < -0.39 is 17.9 Å². The molecule has 0 saturated carbocycles. The van der Waals surface area contributed by atoms with Crippen LogP contribution in [-0.2, 0) is 29.3 Å². The third kappa shape index (κ3) is 4.63. The van der Waals surface area contributed by atoms with E-state index in [2.05, 4.69) is 10.2 Å². The number of carbonyl (C=O) groups excluding carboxylic acids is 1. The molecule has 1 N–H and O–H groups in total. The van der Waals surface area contributed by atoms with Crippen LogP contribution in [0.15, 0.2) is 91.0 Å². The second kappa shape index (κ2) is 9.80. The Morgan fingerprint density at radius 2 is 1.46 bits per heavy atom. The molecule has 0 bridgehead atoms. The average Bonchev–Trinajstić information content (AvgIpc) is 3.30. The molecule has 176 valence electrons. The predicted octanol–water partition coefficient (Wildman–Crippen LogP) is 3.48. The molecule has 1 amide bonds. The largest absolute Gasteiger partial charge is 0.480 e. The molecule has 5 rings (SSSR count). The van der Waals surface area contributed by atoms with Crippen molar-refractivity contribution in [2.75, 3.05) is 0 Å². The zero-order valence-electron chi connectivity index (χ0n) is 18.9. The van der Waals surface area contributed by atoms with Crippen LogP contribution in [0.25, 0.3) is 0 Å². The number of hydrogen-bond donors (Lipinski definition) is 1. The molecule has 1 aliphatic rings. The van der Waals surface area contributed by atoms with Gasteiger partial charge >= 0.3 is 12.0 Å². The fourth-order valence-electron chi connectivity index (χ4n) is 4.36. The summed E-state index contributed by atoms with van der Waals surface area (Å²) in [5.41, 5.74) is 2.55. The molecule has 8 heteroatoms. The minimum absolute atomic E-state index is 0.00380. The van der Waals surface area contributed by atoms with Gasteiger partial charge in [-0.2, -0.15) is 0 Å². The van der Waals surface area contributed by atoms with E-state index in [0.29, 0.717) is 5.82 Å². The van der Waals surface area contributed by atoms with Crippen LogP contribution >= 0.6 is 0 Å². The van der Waals surface area contributed by atoms with Gasteiger partial charge in [-0.25, -0.2) is 4.79 Å². The van der Waals surface area contributed by atoms with E-state index in [0.717, 1.165) is 16.7 Å². The van der Waals surface area contributed by atoms with Crippen molar-refractivity contribution >= 4 is 11.9 Å². The molecule has 8 nitrogen and oxygen atoms in total. The maximum absolute atomic E-state index is 13.9. The zero-order chi connectivity index (χ0) is 24.2. The molecular formula is C27H24N4O4. The van der Waals surface area contributed by atoms with Gasteiger partial charge in [0.2, 0.25) is 5.91 Å². The number of ether oxygens (including phenoxy) is 1. The molecule has 35 heavy (non-hydrogen) atoms. The first kappa shape index (κ1) is 22.3. The topological polar surface area (TPSA) is 97.5 Å². The number of hydrogen-bond acceptors (Lipinski definition) is 5. The summed E-state index contributed by atoms with van der Waals surface area (Å²) in [5, 5.41) is 18.4. The molecule has 0 fully saturated rings. The van der Waals surface area contributed by atoms with Crippen molar-refractivity contribution in [3.63, 3.8) is 0 Å². The highest BCUT2D eigenvalue weighted by Gasteiger charge is 2.40. The minimum Gasteiger partial charge on any atom is -0.480 e. The maximum Gasteiger partial charge on any atom is 0.328 e. The number of aliphatic carboxylic acids is 1. The summed E-state index contributed by atoms with van der Waals surface area (Å²) in [6.07, 6.45) is 0. The Balaban J connectivity index is 1.44. The van der Waals surface area contributed by atoms with E-state index in [1.807, 2.05) is 91.0 Å². The number of benzene rings is 3. The van der Waals surface area contributed by atoms with E-state index in [-0.39, 0.29) is 31.6 Å². The van der Waals surface area contributed by atoms with E-state index in [4.69, 9.17) is 4.74 Å². The first-order valence-corrected chi connectivity index (χ1v) is 11.3. The van der Waals surface area contributed by atoms with Crippen molar-refractivity contribution in [1.82, 2.24) is 19.7 Å². The summed E-state index contributed by atoms with van der Waals surface area (Å²) >= 11 is 0. The summed E-state index contributed by atoms with van der Waals surface area (Å²) in [4.78, 5) is 27.6. The molecular weight excluding hydrogens is 444 g/mol. The van der Waals surface area contributed by atoms with Crippen molar-refractivity contribution < 1.29 is 19.4 Å². The third-order valence-electron chi connectivity index (χ3n) is 6.13. The standard InChI is InChI=1S/C27H24N4O4/c32-25(24(20-12-6-2-7-13-20)21-14-8-3-9-15-21)30-17-23-28-29-27(31(23)16-22(30)26(33)34)35-18-19-10-4-1-5-11-19/h1-15,22,24H,16-18H2,(H,33,34)/t22-/m0/s1. The Hall–Kier alpha value is -4.46. The first-order chi connectivity index (χ1) is 17.1. The summed E-state index contributed by atoms with van der Waals surface area (Å²) in [6.45, 7) is 0.306. The molecule has 0 aliphatic carbocycles. The fourth-order valence-corrected chi connectivity index (χ4v) is 4.36. The van der Waals surface area contributed by atoms with E-state index in [1.165, 1.54) is 4.90 Å². The van der Waals surface area contributed by atoms with Gasteiger partial charge in [0.15, 0.2) is 5.82 Å². The molecule has 4 aromatic rings. The number of fused-ring (bicyclic) bond motifs is 1. The van der Waals surface area contributed by atoms with Gasteiger partial charge in [0, 0.05) is 0 Å². The number of carboxylic acids is 1. The average molecular weight is 469 g/mol. The summed E-state index contributed by atoms with van der Waals surface area (Å²) in [7, 11) is 0. The van der Waals surface area contributed by atoms with E-state index in [9.17, 15) is 14.7 Å². The van der Waals surface area contributed by atoms with Gasteiger partial charge in [0.1, 0.15) is 12.6 Å². The lowest BCUT2D eigenvalue weighted by atomic mass is 9.89. The van der Waals surface area contributed by atoms with Crippen molar-refractivity contribution in [2.24, 2.45) is 0 Å². The van der Waals surface area contributed by atoms with E-state index in [1.54, 1.807) is 4.57 Å². The van der Waals surface area contributed by atoms with Crippen LogP contribution in [0, 0.1) is 0 Å². The molecule has 0 spiro atoms. The van der Waals surface area contributed by atoms with Crippen molar-refractivity contribution in [1.29, 1.82) is 0 Å². The van der Waals surface area contributed by atoms with Gasteiger partial charge in [-0.05, 0) is 16.7 Å². The van der Waals surface area contributed by atoms with Crippen LogP contribution in [0.2, 0.25) is 0 Å². The minimum atomic E-state index is -1.09. The highest BCUT2D eigenvalue weighted by molar-refractivity contribution is 5.91. The quantitative estimate of drug-likeness (QED) is 0.446. The number of nitrogens with zero attached hydrogens (tertiary/aromatic N) is 4. The molecule has 0 saturated heterocycles. The molecule has 0 radical (unpaired) electrons. The van der Waals surface area contributed by atoms with Crippen LogP contribution in [0.3, 0.4) is 0 Å². The van der Waals surface area contributed by atoms with Gasteiger partial charge < -0.3 is 14.7 Å². The number of carboxylic acid groups (broad SMARTS) is 1. The number of aromatic nitrogens is 3. The van der Waals surface area contributed by atoms with Crippen molar-refractivity contribution in [2.45, 2.75) is 31.7 Å². The second-order valence-electron chi connectivity index (χ2n) is 8.36. The molecule has 0 unspecified atom stereocenters. The SMILES string of the molecule is O=C(O)[C@@H]1Cn2c(nnc2OCc2ccccc2)CN1C(=O)C(c1ccccc1)c1ccccc1. The summed E-state index contributed by atoms with van der Waals surface area (Å²) < 4.78 is 7.48. The third-order valence-corrected chi connectivity index (χ3v) is 6.13. The highest BCUT2D eigenvalue weighted by Crippen LogP contribution is 2.31. The molecule has 1 atom stereocenters. The smallest absolute Gasteiger partial charge is 0.328 e.